The summed E-state index contributed by atoms with van der Waals surface area (Å²) in [5.74, 6) is 0.781. The van der Waals surface area contributed by atoms with Crippen LogP contribution in [-0.4, -0.2) is 28.3 Å². The highest BCUT2D eigenvalue weighted by Gasteiger charge is 2.30. The number of rotatable bonds is 2. The van der Waals surface area contributed by atoms with Crippen molar-refractivity contribution in [2.45, 2.75) is 6.42 Å². The highest BCUT2D eigenvalue weighted by Crippen LogP contribution is 2.27. The Kier molecular flexibility index (Phi) is 2.63. The number of imidazole rings is 1. The van der Waals surface area contributed by atoms with Crippen LogP contribution in [0.2, 0.25) is 0 Å². The normalized spacial score (nSPS) is 19.9. The molecular weight excluding hydrogens is 254 g/mol. The third-order valence-electron chi connectivity index (χ3n) is 3.23. The van der Waals surface area contributed by atoms with Gasteiger partial charge in [0.05, 0.1) is 11.0 Å². The monoisotopic (exact) mass is 265 g/mol. The molecule has 0 aliphatic carbocycles. The number of anilines is 1. The van der Waals surface area contributed by atoms with Gasteiger partial charge in [0.1, 0.15) is 0 Å². The van der Waals surface area contributed by atoms with Gasteiger partial charge in [-0.3, -0.25) is 4.79 Å². The molecule has 2 N–H and O–H groups in total. The quantitative estimate of drug-likeness (QED) is 0.807. The van der Waals surface area contributed by atoms with E-state index < -0.39 is 0 Å². The molecule has 6 heteroatoms. The molecule has 18 heavy (non-hydrogen) atoms. The number of carbonyl (C=O) groups is 1. The molecule has 94 valence electrons. The number of alkyl halides is 1. The average molecular weight is 266 g/mol. The van der Waals surface area contributed by atoms with Crippen molar-refractivity contribution in [3.8, 4) is 0 Å². The van der Waals surface area contributed by atoms with Gasteiger partial charge in [-0.15, -0.1) is 11.6 Å². The lowest BCUT2D eigenvalue weighted by Gasteiger charge is -2.16. The first-order valence-corrected chi connectivity index (χ1v) is 6.29. The van der Waals surface area contributed by atoms with Crippen LogP contribution in [0, 0.1) is 5.92 Å². The highest BCUT2D eigenvalue weighted by molar-refractivity contribution is 6.18. The molecule has 0 bridgehead atoms. The molecule has 1 aliphatic rings. The standard InChI is InChI=1S/C12H12ClN3O2/c13-5-7-3-11(17)16(6-7)8-1-2-9-10(4-8)15-12(18)14-9/h1-2,4,7H,3,5-6H2,(H2,14,15,18). The molecular formula is C12H12ClN3O2. The maximum atomic E-state index is 11.9. The summed E-state index contributed by atoms with van der Waals surface area (Å²) in [6.45, 7) is 0.641. The molecule has 2 aromatic rings. The van der Waals surface area contributed by atoms with Crippen molar-refractivity contribution in [2.75, 3.05) is 17.3 Å². The van der Waals surface area contributed by atoms with E-state index in [2.05, 4.69) is 9.97 Å². The Labute approximate surface area is 108 Å². The number of nitrogens with zero attached hydrogens (tertiary/aromatic N) is 1. The first-order chi connectivity index (χ1) is 8.67. The second-order valence-electron chi connectivity index (χ2n) is 4.54. The number of benzene rings is 1. The van der Waals surface area contributed by atoms with Gasteiger partial charge >= 0.3 is 5.69 Å². The molecule has 0 saturated carbocycles. The molecule has 5 nitrogen and oxygen atoms in total. The number of aromatic nitrogens is 2. The molecule has 1 aromatic carbocycles. The number of H-pyrrole nitrogens is 2. The number of halogens is 1. The molecule has 1 aliphatic heterocycles. The van der Waals surface area contributed by atoms with Gasteiger partial charge in [0, 0.05) is 24.5 Å². The van der Waals surface area contributed by atoms with Crippen LogP contribution in [0.15, 0.2) is 23.0 Å². The van der Waals surface area contributed by atoms with E-state index in [9.17, 15) is 9.59 Å². The summed E-state index contributed by atoms with van der Waals surface area (Å²) < 4.78 is 0. The van der Waals surface area contributed by atoms with E-state index in [1.54, 1.807) is 11.0 Å². The van der Waals surface area contributed by atoms with Crippen molar-refractivity contribution >= 4 is 34.2 Å². The fourth-order valence-electron chi connectivity index (χ4n) is 2.32. The lowest BCUT2D eigenvalue weighted by Crippen LogP contribution is -2.24. The minimum absolute atomic E-state index is 0.0814. The number of amides is 1. The lowest BCUT2D eigenvalue weighted by molar-refractivity contribution is -0.117. The number of hydrogen-bond donors (Lipinski definition) is 2. The van der Waals surface area contributed by atoms with Gasteiger partial charge < -0.3 is 14.9 Å². The zero-order valence-corrected chi connectivity index (χ0v) is 10.3. The Hall–Kier alpha value is -1.75. The van der Waals surface area contributed by atoms with Crippen molar-refractivity contribution < 1.29 is 4.79 Å². The summed E-state index contributed by atoms with van der Waals surface area (Å²) >= 11 is 5.79. The molecule has 1 atom stereocenters. The van der Waals surface area contributed by atoms with Crippen molar-refractivity contribution in [3.05, 3.63) is 28.7 Å². The van der Waals surface area contributed by atoms with Crippen LogP contribution in [0.4, 0.5) is 5.69 Å². The van der Waals surface area contributed by atoms with Gasteiger partial charge in [-0.2, -0.15) is 0 Å². The summed E-state index contributed by atoms with van der Waals surface area (Å²) in [5.41, 5.74) is 2.01. The van der Waals surface area contributed by atoms with Crippen LogP contribution in [0.5, 0.6) is 0 Å². The Morgan fingerprint density at radius 3 is 2.78 bits per heavy atom. The van der Waals surface area contributed by atoms with Crippen molar-refractivity contribution in [2.24, 2.45) is 5.92 Å². The van der Waals surface area contributed by atoms with Crippen LogP contribution < -0.4 is 10.6 Å². The number of fused-ring (bicyclic) bond motifs is 1. The van der Waals surface area contributed by atoms with E-state index >= 15 is 0 Å². The second kappa shape index (κ2) is 4.17. The minimum Gasteiger partial charge on any atom is -0.312 e. The Bertz CT molecular complexity index is 661. The zero-order valence-electron chi connectivity index (χ0n) is 9.57. The fourth-order valence-corrected chi connectivity index (χ4v) is 2.53. The summed E-state index contributed by atoms with van der Waals surface area (Å²) in [6.07, 6.45) is 0.491. The topological polar surface area (TPSA) is 69.0 Å². The van der Waals surface area contributed by atoms with Gasteiger partial charge in [0.25, 0.3) is 0 Å². The SMILES string of the molecule is O=C1CC(CCl)CN1c1ccc2[nH]c(=O)[nH]c2c1. The molecule has 1 fully saturated rings. The first-order valence-electron chi connectivity index (χ1n) is 5.76. The Morgan fingerprint density at radius 2 is 2.06 bits per heavy atom. The van der Waals surface area contributed by atoms with E-state index in [1.165, 1.54) is 0 Å². The van der Waals surface area contributed by atoms with Gasteiger partial charge in [0.2, 0.25) is 5.91 Å². The molecule has 1 unspecified atom stereocenters. The van der Waals surface area contributed by atoms with E-state index in [4.69, 9.17) is 11.6 Å². The van der Waals surface area contributed by atoms with E-state index in [0.29, 0.717) is 24.4 Å². The molecule has 2 heterocycles. The molecule has 1 aromatic heterocycles. The molecule has 0 radical (unpaired) electrons. The van der Waals surface area contributed by atoms with Crippen LogP contribution in [0.25, 0.3) is 11.0 Å². The highest BCUT2D eigenvalue weighted by atomic mass is 35.5. The third-order valence-corrected chi connectivity index (χ3v) is 3.67. The van der Waals surface area contributed by atoms with Gasteiger partial charge in [0.15, 0.2) is 0 Å². The summed E-state index contributed by atoms with van der Waals surface area (Å²) in [4.78, 5) is 30.1. The third kappa shape index (κ3) is 1.80. The minimum atomic E-state index is -0.242. The number of nitrogens with one attached hydrogen (secondary N) is 2. The van der Waals surface area contributed by atoms with E-state index in [1.807, 2.05) is 12.1 Å². The summed E-state index contributed by atoms with van der Waals surface area (Å²) in [6, 6.07) is 5.44. The van der Waals surface area contributed by atoms with E-state index in [-0.39, 0.29) is 17.5 Å². The van der Waals surface area contributed by atoms with Crippen molar-refractivity contribution in [1.82, 2.24) is 9.97 Å². The predicted molar refractivity (Wildman–Crippen MR) is 70.1 cm³/mol. The summed E-state index contributed by atoms with van der Waals surface area (Å²) in [7, 11) is 0. The maximum absolute atomic E-state index is 11.9. The number of aromatic amines is 2. The van der Waals surface area contributed by atoms with Gasteiger partial charge in [-0.05, 0) is 24.1 Å². The van der Waals surface area contributed by atoms with Gasteiger partial charge in [-0.25, -0.2) is 4.79 Å². The Morgan fingerprint density at radius 1 is 1.28 bits per heavy atom. The molecule has 1 amide bonds. The zero-order chi connectivity index (χ0) is 12.7. The molecule has 1 saturated heterocycles. The van der Waals surface area contributed by atoms with Crippen LogP contribution in [0.3, 0.4) is 0 Å². The number of hydrogen-bond acceptors (Lipinski definition) is 2. The van der Waals surface area contributed by atoms with Crippen LogP contribution in [0.1, 0.15) is 6.42 Å². The van der Waals surface area contributed by atoms with E-state index in [0.717, 1.165) is 11.2 Å². The number of carbonyl (C=O) groups excluding carboxylic acids is 1. The Balaban J connectivity index is 1.99. The molecule has 3 rings (SSSR count). The lowest BCUT2D eigenvalue weighted by atomic mass is 10.1. The second-order valence-corrected chi connectivity index (χ2v) is 4.85. The van der Waals surface area contributed by atoms with Crippen LogP contribution in [-0.2, 0) is 4.79 Å². The smallest absolute Gasteiger partial charge is 0.312 e. The predicted octanol–water partition coefficient (Wildman–Crippen LogP) is 1.45. The van der Waals surface area contributed by atoms with Crippen molar-refractivity contribution in [3.63, 3.8) is 0 Å². The fraction of sp³-hybridized carbons (Fsp3) is 0.333. The van der Waals surface area contributed by atoms with Crippen molar-refractivity contribution in [1.29, 1.82) is 0 Å². The first kappa shape index (κ1) is 11.3. The van der Waals surface area contributed by atoms with Gasteiger partial charge in [-0.1, -0.05) is 0 Å². The largest absolute Gasteiger partial charge is 0.323 e. The summed E-state index contributed by atoms with van der Waals surface area (Å²) in [5, 5.41) is 0. The van der Waals surface area contributed by atoms with Crippen LogP contribution >= 0.6 is 11.6 Å². The maximum Gasteiger partial charge on any atom is 0.323 e. The molecule has 0 spiro atoms. The average Bonchev–Trinajstić information content (AvgIpc) is 2.89.